The quantitative estimate of drug-likeness (QED) is 0.0608. The lowest BCUT2D eigenvalue weighted by molar-refractivity contribution is -0.114. The highest BCUT2D eigenvalue weighted by Crippen LogP contribution is 2.46. The number of alkyl halides is 2. The van der Waals surface area contributed by atoms with Gasteiger partial charge in [0.2, 0.25) is 0 Å². The van der Waals surface area contributed by atoms with Crippen molar-refractivity contribution in [3.05, 3.63) is 59.7 Å². The van der Waals surface area contributed by atoms with E-state index in [0.29, 0.717) is 24.2 Å². The maximum Gasteiger partial charge on any atom is 0.259 e. The van der Waals surface area contributed by atoms with Crippen LogP contribution in [0.15, 0.2) is 48.5 Å². The molecule has 0 radical (unpaired) electrons. The second-order valence-corrected chi connectivity index (χ2v) is 14.7. The van der Waals surface area contributed by atoms with Crippen LogP contribution < -0.4 is 9.80 Å². The molecule has 2 amide bonds. The molecule has 2 aromatic carbocycles. The maximum absolute atomic E-state index is 14.1. The van der Waals surface area contributed by atoms with Crippen molar-refractivity contribution in [2.24, 2.45) is 0 Å². The number of carbonyl (C=O) groups is 2. The Morgan fingerprint density at radius 3 is 1.00 bits per heavy atom. The van der Waals surface area contributed by atoms with Gasteiger partial charge in [-0.05, 0) is 37.8 Å². The Morgan fingerprint density at radius 2 is 0.674 bits per heavy atom. The number of amides is 2. The van der Waals surface area contributed by atoms with Gasteiger partial charge >= 0.3 is 0 Å². The van der Waals surface area contributed by atoms with Gasteiger partial charge in [-0.2, -0.15) is 0 Å². The number of rotatable bonds is 24. The summed E-state index contributed by atoms with van der Waals surface area (Å²) in [6.45, 7) is 1.41. The fourth-order valence-corrected chi connectivity index (χ4v) is 7.84. The summed E-state index contributed by atoms with van der Waals surface area (Å²) in [7, 11) is 0. The van der Waals surface area contributed by atoms with Crippen LogP contribution >= 0.6 is 31.9 Å². The van der Waals surface area contributed by atoms with E-state index in [2.05, 4.69) is 31.9 Å². The van der Waals surface area contributed by atoms with E-state index < -0.39 is 0 Å². The van der Waals surface area contributed by atoms with Gasteiger partial charge < -0.3 is 9.80 Å². The molecule has 0 unspecified atom stereocenters. The predicted molar refractivity (Wildman–Crippen MR) is 204 cm³/mol. The van der Waals surface area contributed by atoms with Crippen LogP contribution in [0.1, 0.15) is 140 Å². The normalized spacial score (nSPS) is 15.7. The molecule has 2 aromatic rings. The van der Waals surface area contributed by atoms with Crippen molar-refractivity contribution in [3.63, 3.8) is 0 Å². The third-order valence-electron chi connectivity index (χ3n) is 9.63. The molecule has 2 aliphatic rings. The fraction of sp³-hybridized carbons (Fsp3) is 0.600. The van der Waals surface area contributed by atoms with E-state index in [1.165, 1.54) is 103 Å². The van der Waals surface area contributed by atoms with E-state index in [0.717, 1.165) is 58.8 Å². The highest BCUT2D eigenvalue weighted by atomic mass is 79.9. The lowest BCUT2D eigenvalue weighted by Gasteiger charge is -2.17. The Labute approximate surface area is 296 Å². The highest BCUT2D eigenvalue weighted by Gasteiger charge is 2.41. The lowest BCUT2D eigenvalue weighted by atomic mass is 9.96. The van der Waals surface area contributed by atoms with Gasteiger partial charge in [0.25, 0.3) is 11.8 Å². The van der Waals surface area contributed by atoms with Gasteiger partial charge in [0.1, 0.15) is 0 Å². The number of fused-ring (bicyclic) bond motifs is 2. The van der Waals surface area contributed by atoms with Crippen LogP contribution in [0.25, 0.3) is 11.1 Å². The number of anilines is 2. The van der Waals surface area contributed by atoms with Crippen LogP contribution in [0, 0.1) is 0 Å². The van der Waals surface area contributed by atoms with E-state index >= 15 is 0 Å². The summed E-state index contributed by atoms with van der Waals surface area (Å²) in [4.78, 5) is 32.0. The molecule has 6 heteroatoms. The number of para-hydroxylation sites is 2. The Hall–Kier alpha value is -1.92. The van der Waals surface area contributed by atoms with Crippen molar-refractivity contribution < 1.29 is 9.59 Å². The summed E-state index contributed by atoms with van der Waals surface area (Å²) in [6, 6.07) is 16.1. The fourth-order valence-electron chi connectivity index (χ4n) is 7.04. The minimum atomic E-state index is -0.0168. The molecule has 2 heterocycles. The zero-order valence-electron chi connectivity index (χ0n) is 28.1. The van der Waals surface area contributed by atoms with E-state index in [9.17, 15) is 9.59 Å². The summed E-state index contributed by atoms with van der Waals surface area (Å²) in [6.07, 6.45) is 25.2. The molecule has 0 spiro atoms. The van der Waals surface area contributed by atoms with Crippen LogP contribution in [-0.4, -0.2) is 35.6 Å². The third kappa shape index (κ3) is 10.5. The molecule has 0 saturated carbocycles. The molecule has 46 heavy (non-hydrogen) atoms. The van der Waals surface area contributed by atoms with Gasteiger partial charge in [0.15, 0.2) is 0 Å². The average Bonchev–Trinajstić information content (AvgIpc) is 3.50. The van der Waals surface area contributed by atoms with Crippen molar-refractivity contribution in [3.8, 4) is 0 Å². The van der Waals surface area contributed by atoms with Crippen molar-refractivity contribution >= 4 is 66.2 Å². The number of unbranched alkanes of at least 4 members (excludes halogenated alkanes) is 18. The van der Waals surface area contributed by atoms with Crippen LogP contribution in [-0.2, 0) is 9.59 Å². The lowest BCUT2D eigenvalue weighted by Crippen LogP contribution is -2.30. The molecule has 0 N–H and O–H groups in total. The minimum Gasteiger partial charge on any atom is -0.308 e. The molecule has 4 nitrogen and oxygen atoms in total. The maximum atomic E-state index is 14.1. The molecule has 0 fully saturated rings. The van der Waals surface area contributed by atoms with Gasteiger partial charge in [0, 0.05) is 34.9 Å². The van der Waals surface area contributed by atoms with Crippen molar-refractivity contribution in [1.29, 1.82) is 0 Å². The summed E-state index contributed by atoms with van der Waals surface area (Å²) in [5.74, 6) is -0.0336. The Morgan fingerprint density at radius 1 is 0.391 bits per heavy atom. The monoisotopic (exact) mass is 754 g/mol. The Kier molecular flexibility index (Phi) is 17.0. The zero-order valence-corrected chi connectivity index (χ0v) is 31.2. The Balaban J connectivity index is 1.30. The first-order chi connectivity index (χ1) is 22.7. The van der Waals surface area contributed by atoms with Crippen LogP contribution in [0.2, 0.25) is 0 Å². The first-order valence-electron chi connectivity index (χ1n) is 18.4. The van der Waals surface area contributed by atoms with Crippen molar-refractivity contribution in [2.45, 2.75) is 128 Å². The molecule has 252 valence electrons. The molecule has 0 saturated heterocycles. The number of hydrogen-bond acceptors (Lipinski definition) is 2. The van der Waals surface area contributed by atoms with Gasteiger partial charge in [0.05, 0.1) is 22.5 Å². The van der Waals surface area contributed by atoms with E-state index in [1.807, 2.05) is 58.3 Å². The molecular weight excluding hydrogens is 700 g/mol. The van der Waals surface area contributed by atoms with Gasteiger partial charge in [-0.25, -0.2) is 0 Å². The predicted octanol–water partition coefficient (Wildman–Crippen LogP) is 11.9. The SMILES string of the molecule is O=C1C(=C2C(=O)N(CCCCCCCCCCCCBr)c3ccccc32)c2ccccc2N1CCCCCCCCCCCCBr. The average molecular weight is 757 g/mol. The van der Waals surface area contributed by atoms with Crippen molar-refractivity contribution in [1.82, 2.24) is 0 Å². The minimum absolute atomic E-state index is 0.0168. The number of hydrogen-bond donors (Lipinski definition) is 0. The smallest absolute Gasteiger partial charge is 0.259 e. The highest BCUT2D eigenvalue weighted by molar-refractivity contribution is 9.09. The first-order valence-corrected chi connectivity index (χ1v) is 20.6. The molecular formula is C40H56Br2N2O2. The first kappa shape index (κ1) is 36.9. The summed E-state index contributed by atoms with van der Waals surface area (Å²) >= 11 is 7.03. The van der Waals surface area contributed by atoms with Crippen LogP contribution in [0.3, 0.4) is 0 Å². The largest absolute Gasteiger partial charge is 0.308 e. The number of halogens is 2. The third-order valence-corrected chi connectivity index (χ3v) is 10.7. The summed E-state index contributed by atoms with van der Waals surface area (Å²) < 4.78 is 0. The molecule has 0 aromatic heterocycles. The van der Waals surface area contributed by atoms with E-state index in [1.54, 1.807) is 0 Å². The van der Waals surface area contributed by atoms with Crippen LogP contribution in [0.5, 0.6) is 0 Å². The van der Waals surface area contributed by atoms with Gasteiger partial charge in [-0.1, -0.05) is 171 Å². The summed E-state index contributed by atoms with van der Waals surface area (Å²) in [5, 5.41) is 2.24. The molecule has 2 aliphatic heterocycles. The van der Waals surface area contributed by atoms with Gasteiger partial charge in [-0.3, -0.25) is 9.59 Å². The topological polar surface area (TPSA) is 40.6 Å². The summed E-state index contributed by atoms with van der Waals surface area (Å²) in [5.41, 5.74) is 4.88. The molecule has 0 aliphatic carbocycles. The molecule has 0 atom stereocenters. The zero-order chi connectivity index (χ0) is 32.4. The Bertz CT molecular complexity index is 1160. The number of carbonyl (C=O) groups excluding carboxylic acids is 2. The molecule has 0 bridgehead atoms. The van der Waals surface area contributed by atoms with E-state index in [-0.39, 0.29) is 11.8 Å². The van der Waals surface area contributed by atoms with Gasteiger partial charge in [-0.15, -0.1) is 0 Å². The van der Waals surface area contributed by atoms with Crippen molar-refractivity contribution in [2.75, 3.05) is 33.5 Å². The number of benzene rings is 2. The molecule has 4 rings (SSSR count). The number of nitrogens with zero attached hydrogens (tertiary/aromatic N) is 2. The second kappa shape index (κ2) is 21.1. The van der Waals surface area contributed by atoms with Crippen LogP contribution in [0.4, 0.5) is 11.4 Å². The standard InChI is InChI=1S/C40H56Br2N2O2/c41-29-21-13-9-5-1-3-7-11-15-23-31-43-35-27-19-17-25-33(35)37(39(43)45)38-34-26-18-20-28-36(34)44(40(38)46)32-24-16-12-8-4-2-6-10-14-22-30-42/h17-20,25-28H,1-16,21-24,29-32H2. The second-order valence-electron chi connectivity index (χ2n) is 13.1. The van der Waals surface area contributed by atoms with E-state index in [4.69, 9.17) is 0 Å².